The second-order valence-corrected chi connectivity index (χ2v) is 11.8. The number of rotatable bonds is 11. The third-order valence-electron chi connectivity index (χ3n) is 6.84. The summed E-state index contributed by atoms with van der Waals surface area (Å²) in [6, 6.07) is 38.2. The number of benzene rings is 4. The lowest BCUT2D eigenvalue weighted by atomic mass is 10.1. The van der Waals surface area contributed by atoms with E-state index in [1.165, 1.54) is 33.0 Å². The van der Waals surface area contributed by atoms with E-state index in [0.29, 0.717) is 0 Å². The quantitative estimate of drug-likeness (QED) is 0.157. The van der Waals surface area contributed by atoms with Gasteiger partial charge < -0.3 is 10.6 Å². The molecule has 4 aromatic carbocycles. The molecule has 0 saturated carbocycles. The van der Waals surface area contributed by atoms with Gasteiger partial charge >= 0.3 is 0 Å². The van der Waals surface area contributed by atoms with E-state index in [1.807, 2.05) is 24.5 Å². The average molecular weight is 559 g/mol. The first kappa shape index (κ1) is 26.5. The summed E-state index contributed by atoms with van der Waals surface area (Å²) >= 11 is 0. The second-order valence-electron chi connectivity index (χ2n) is 9.59. The van der Waals surface area contributed by atoms with Crippen molar-refractivity contribution in [3.05, 3.63) is 144 Å². The van der Waals surface area contributed by atoms with Crippen molar-refractivity contribution in [2.75, 3.05) is 0 Å². The Balaban J connectivity index is 1.16. The molecule has 2 N–H and O–H groups in total. The standard InChI is InChI=1S/C34H30N4S2/c1-3-9-25(10-4-1)21-35-23-27-15-17-31(33-29(27)13-7-19-37-33)39-40-32-18-16-28(30-14-8-20-38-34(30)32)24-36-22-26-11-5-2-6-12-26/h1-20,35-36H,21-24H2. The minimum atomic E-state index is 0.795. The van der Waals surface area contributed by atoms with Gasteiger partial charge in [-0.15, -0.1) is 0 Å². The third-order valence-corrected chi connectivity index (χ3v) is 9.27. The minimum Gasteiger partial charge on any atom is -0.309 e. The predicted molar refractivity (Wildman–Crippen MR) is 169 cm³/mol. The fraction of sp³-hybridized carbons (Fsp3) is 0.118. The maximum absolute atomic E-state index is 4.77. The number of hydrogen-bond acceptors (Lipinski definition) is 6. The molecule has 40 heavy (non-hydrogen) atoms. The van der Waals surface area contributed by atoms with Gasteiger partial charge in [0.05, 0.1) is 11.0 Å². The summed E-state index contributed by atoms with van der Waals surface area (Å²) in [4.78, 5) is 11.9. The summed E-state index contributed by atoms with van der Waals surface area (Å²) in [6.45, 7) is 3.27. The molecular weight excluding hydrogens is 529 g/mol. The van der Waals surface area contributed by atoms with Crippen LogP contribution >= 0.6 is 21.6 Å². The summed E-state index contributed by atoms with van der Waals surface area (Å²) in [7, 11) is 3.49. The van der Waals surface area contributed by atoms with Gasteiger partial charge in [0, 0.05) is 59.1 Å². The first-order valence-electron chi connectivity index (χ1n) is 13.4. The molecule has 6 rings (SSSR count). The lowest BCUT2D eigenvalue weighted by molar-refractivity contribution is 0.696. The molecule has 2 heterocycles. The minimum absolute atomic E-state index is 0.795. The summed E-state index contributed by atoms with van der Waals surface area (Å²) in [6.07, 6.45) is 3.76. The molecule has 198 valence electrons. The van der Waals surface area contributed by atoms with Crippen molar-refractivity contribution < 1.29 is 0 Å². The molecular formula is C34H30N4S2. The second kappa shape index (κ2) is 13.1. The highest BCUT2D eigenvalue weighted by Gasteiger charge is 2.12. The normalized spacial score (nSPS) is 11.3. The lowest BCUT2D eigenvalue weighted by Crippen LogP contribution is -2.13. The number of nitrogens with zero attached hydrogens (tertiary/aromatic N) is 2. The van der Waals surface area contributed by atoms with Crippen LogP contribution in [0.15, 0.2) is 131 Å². The van der Waals surface area contributed by atoms with Crippen LogP contribution in [0.5, 0.6) is 0 Å². The van der Waals surface area contributed by atoms with E-state index in [9.17, 15) is 0 Å². The fourth-order valence-corrected chi connectivity index (χ4v) is 7.07. The number of pyridine rings is 2. The molecule has 0 spiro atoms. The molecule has 0 aliphatic rings. The van der Waals surface area contributed by atoms with E-state index in [0.717, 1.165) is 47.0 Å². The molecule has 4 nitrogen and oxygen atoms in total. The Labute approximate surface area is 243 Å². The van der Waals surface area contributed by atoms with Crippen molar-refractivity contribution in [1.29, 1.82) is 0 Å². The molecule has 0 aliphatic heterocycles. The highest BCUT2D eigenvalue weighted by molar-refractivity contribution is 8.76. The smallest absolute Gasteiger partial charge is 0.0849 e. The SMILES string of the molecule is c1ccc(CNCc2ccc(SSc3ccc(CNCc4ccccc4)c4cccnc34)c3ncccc23)cc1. The Bertz CT molecular complexity index is 1580. The van der Waals surface area contributed by atoms with Gasteiger partial charge in [0.25, 0.3) is 0 Å². The van der Waals surface area contributed by atoms with Crippen LogP contribution in [0, 0.1) is 0 Å². The van der Waals surface area contributed by atoms with Gasteiger partial charge in [-0.3, -0.25) is 9.97 Å². The van der Waals surface area contributed by atoms with Crippen LogP contribution in [0.4, 0.5) is 0 Å². The maximum atomic E-state index is 4.77. The molecule has 0 amide bonds. The monoisotopic (exact) mass is 558 g/mol. The van der Waals surface area contributed by atoms with Gasteiger partial charge in [-0.1, -0.05) is 107 Å². The van der Waals surface area contributed by atoms with Crippen molar-refractivity contribution in [2.45, 2.75) is 36.0 Å². The van der Waals surface area contributed by atoms with E-state index >= 15 is 0 Å². The van der Waals surface area contributed by atoms with Crippen molar-refractivity contribution in [3.63, 3.8) is 0 Å². The highest BCUT2D eigenvalue weighted by Crippen LogP contribution is 2.43. The molecule has 0 aliphatic carbocycles. The van der Waals surface area contributed by atoms with Gasteiger partial charge in [-0.05, 0) is 46.5 Å². The molecule has 0 unspecified atom stereocenters. The van der Waals surface area contributed by atoms with E-state index in [4.69, 9.17) is 9.97 Å². The summed E-state index contributed by atoms with van der Waals surface area (Å²) in [5.41, 5.74) is 7.16. The first-order chi connectivity index (χ1) is 19.8. The molecule has 0 atom stereocenters. The van der Waals surface area contributed by atoms with E-state index in [-0.39, 0.29) is 0 Å². The Morgan fingerprint density at radius 1 is 0.450 bits per heavy atom. The Morgan fingerprint density at radius 3 is 1.35 bits per heavy atom. The Hall–Kier alpha value is -3.68. The van der Waals surface area contributed by atoms with Gasteiger partial charge in [-0.25, -0.2) is 0 Å². The average Bonchev–Trinajstić information content (AvgIpc) is 3.02. The molecule has 0 saturated heterocycles. The molecule has 0 radical (unpaired) electrons. The Morgan fingerprint density at radius 2 is 0.900 bits per heavy atom. The zero-order valence-electron chi connectivity index (χ0n) is 22.1. The molecule has 2 aromatic heterocycles. The van der Waals surface area contributed by atoms with E-state index in [1.54, 1.807) is 21.6 Å². The van der Waals surface area contributed by atoms with Crippen LogP contribution < -0.4 is 10.6 Å². The van der Waals surface area contributed by atoms with Crippen molar-refractivity contribution in [3.8, 4) is 0 Å². The van der Waals surface area contributed by atoms with E-state index < -0.39 is 0 Å². The Kier molecular flexibility index (Phi) is 8.70. The molecule has 6 aromatic rings. The summed E-state index contributed by atoms with van der Waals surface area (Å²) in [5, 5.41) is 9.55. The number of aromatic nitrogens is 2. The summed E-state index contributed by atoms with van der Waals surface area (Å²) in [5.74, 6) is 0. The van der Waals surface area contributed by atoms with Crippen LogP contribution in [0.1, 0.15) is 22.3 Å². The predicted octanol–water partition coefficient (Wildman–Crippen LogP) is 8.16. The largest absolute Gasteiger partial charge is 0.309 e. The van der Waals surface area contributed by atoms with Gasteiger partial charge in [0.1, 0.15) is 0 Å². The number of fused-ring (bicyclic) bond motifs is 2. The van der Waals surface area contributed by atoms with Crippen molar-refractivity contribution >= 4 is 43.4 Å². The van der Waals surface area contributed by atoms with Crippen molar-refractivity contribution in [2.24, 2.45) is 0 Å². The van der Waals surface area contributed by atoms with Crippen LogP contribution in [-0.4, -0.2) is 9.97 Å². The van der Waals surface area contributed by atoms with Crippen LogP contribution in [0.25, 0.3) is 21.8 Å². The van der Waals surface area contributed by atoms with Crippen LogP contribution in [0.2, 0.25) is 0 Å². The third kappa shape index (κ3) is 6.37. The van der Waals surface area contributed by atoms with Gasteiger partial charge in [-0.2, -0.15) is 0 Å². The molecule has 0 fully saturated rings. The maximum Gasteiger partial charge on any atom is 0.0849 e. The zero-order chi connectivity index (χ0) is 27.0. The van der Waals surface area contributed by atoms with Crippen LogP contribution in [0.3, 0.4) is 0 Å². The summed E-state index contributed by atoms with van der Waals surface area (Å²) < 4.78 is 0. The van der Waals surface area contributed by atoms with Gasteiger partial charge in [0.15, 0.2) is 0 Å². The fourth-order valence-electron chi connectivity index (χ4n) is 4.82. The number of hydrogen-bond donors (Lipinski definition) is 2. The van der Waals surface area contributed by atoms with Gasteiger partial charge in [0.2, 0.25) is 0 Å². The highest BCUT2D eigenvalue weighted by atomic mass is 33.1. The molecule has 6 heteroatoms. The lowest BCUT2D eigenvalue weighted by Gasteiger charge is -2.13. The van der Waals surface area contributed by atoms with E-state index in [2.05, 4.69) is 108 Å². The topological polar surface area (TPSA) is 49.8 Å². The zero-order valence-corrected chi connectivity index (χ0v) is 23.7. The molecule has 0 bridgehead atoms. The van der Waals surface area contributed by atoms with Crippen LogP contribution in [-0.2, 0) is 26.2 Å². The first-order valence-corrected chi connectivity index (χ1v) is 15.6. The number of nitrogens with one attached hydrogen (secondary N) is 2. The van der Waals surface area contributed by atoms with Crippen molar-refractivity contribution in [1.82, 2.24) is 20.6 Å².